The molecular weight excluding hydrogens is 242 g/mol. The van der Waals surface area contributed by atoms with Gasteiger partial charge in [0.1, 0.15) is 6.61 Å². The molecule has 1 atom stereocenters. The lowest BCUT2D eigenvalue weighted by molar-refractivity contribution is -0.152. The van der Waals surface area contributed by atoms with Crippen LogP contribution < -0.4 is 0 Å². The molecule has 0 aliphatic rings. The number of carboxylic acid groups (broad SMARTS) is 1. The van der Waals surface area contributed by atoms with Crippen molar-refractivity contribution in [2.45, 2.75) is 19.6 Å². The lowest BCUT2D eigenvalue weighted by Gasteiger charge is -2.17. The third-order valence-electron chi connectivity index (χ3n) is 2.20. The average molecular weight is 257 g/mol. The van der Waals surface area contributed by atoms with E-state index >= 15 is 0 Å². The fraction of sp³-hybridized carbons (Fsp3) is 0.455. The van der Waals surface area contributed by atoms with Crippen molar-refractivity contribution in [1.29, 1.82) is 0 Å². The van der Waals surface area contributed by atoms with Crippen molar-refractivity contribution >= 4 is 23.2 Å². The van der Waals surface area contributed by atoms with Crippen LogP contribution in [-0.2, 0) is 20.9 Å². The number of carbonyl (C=O) groups is 2. The van der Waals surface area contributed by atoms with E-state index in [4.69, 9.17) is 9.84 Å². The second-order valence-corrected chi connectivity index (χ2v) is 4.65. The van der Waals surface area contributed by atoms with Gasteiger partial charge < -0.3 is 14.7 Å². The molecule has 0 fully saturated rings. The van der Waals surface area contributed by atoms with Crippen LogP contribution >= 0.6 is 11.3 Å². The molecule has 0 radical (unpaired) electrons. The molecule has 1 aromatic heterocycles. The number of rotatable bonds is 6. The van der Waals surface area contributed by atoms with Crippen LogP contribution in [0, 0.1) is 0 Å². The van der Waals surface area contributed by atoms with E-state index in [1.54, 1.807) is 18.4 Å². The molecule has 1 rings (SSSR count). The first kappa shape index (κ1) is 13.7. The van der Waals surface area contributed by atoms with Crippen molar-refractivity contribution in [2.75, 3.05) is 13.7 Å². The van der Waals surface area contributed by atoms with Gasteiger partial charge in [0.2, 0.25) is 5.91 Å². The first-order valence-electron chi connectivity index (χ1n) is 5.11. The Balaban J connectivity index is 2.34. The number of aliphatic carboxylic acids is 1. The van der Waals surface area contributed by atoms with Gasteiger partial charge in [-0.3, -0.25) is 4.79 Å². The van der Waals surface area contributed by atoms with Gasteiger partial charge in [0.05, 0.1) is 6.54 Å². The van der Waals surface area contributed by atoms with Crippen LogP contribution in [0.5, 0.6) is 0 Å². The zero-order valence-electron chi connectivity index (χ0n) is 9.75. The molecule has 0 aliphatic heterocycles. The predicted octanol–water partition coefficient (Wildman–Crippen LogP) is 1.20. The molecular formula is C11H15NO4S. The van der Waals surface area contributed by atoms with E-state index in [2.05, 4.69) is 0 Å². The zero-order valence-corrected chi connectivity index (χ0v) is 10.6. The number of carbonyl (C=O) groups excluding carboxylic acids is 1. The topological polar surface area (TPSA) is 66.8 Å². The molecule has 0 saturated carbocycles. The maximum Gasteiger partial charge on any atom is 0.332 e. The van der Waals surface area contributed by atoms with Crippen molar-refractivity contribution in [3.05, 3.63) is 22.4 Å². The van der Waals surface area contributed by atoms with Crippen molar-refractivity contribution in [3.63, 3.8) is 0 Å². The van der Waals surface area contributed by atoms with Crippen LogP contribution in [-0.4, -0.2) is 41.6 Å². The molecule has 1 heterocycles. The maximum atomic E-state index is 11.6. The number of likely N-dealkylation sites (N-methyl/N-ethyl adjacent to an activating group) is 1. The van der Waals surface area contributed by atoms with Gasteiger partial charge in [-0.2, -0.15) is 0 Å². The van der Waals surface area contributed by atoms with Gasteiger partial charge in [-0.25, -0.2) is 4.79 Å². The highest BCUT2D eigenvalue weighted by Gasteiger charge is 2.15. The summed E-state index contributed by atoms with van der Waals surface area (Å²) >= 11 is 1.57. The second-order valence-electron chi connectivity index (χ2n) is 3.62. The van der Waals surface area contributed by atoms with E-state index in [0.29, 0.717) is 6.54 Å². The van der Waals surface area contributed by atoms with E-state index < -0.39 is 12.1 Å². The summed E-state index contributed by atoms with van der Waals surface area (Å²) in [6.45, 7) is 1.70. The Hall–Kier alpha value is -1.40. The van der Waals surface area contributed by atoms with E-state index in [9.17, 15) is 9.59 Å². The number of nitrogens with zero attached hydrogens (tertiary/aromatic N) is 1. The summed E-state index contributed by atoms with van der Waals surface area (Å²) in [6, 6.07) is 3.86. The lowest BCUT2D eigenvalue weighted by atomic mass is 10.4. The molecule has 1 N–H and O–H groups in total. The summed E-state index contributed by atoms with van der Waals surface area (Å²) < 4.78 is 4.92. The molecule has 5 nitrogen and oxygen atoms in total. The number of hydrogen-bond donors (Lipinski definition) is 1. The van der Waals surface area contributed by atoms with Crippen LogP contribution in [0.1, 0.15) is 11.8 Å². The summed E-state index contributed by atoms with van der Waals surface area (Å²) in [5.41, 5.74) is 0. The Bertz CT molecular complexity index is 377. The van der Waals surface area contributed by atoms with Gasteiger partial charge in [0, 0.05) is 11.9 Å². The molecule has 1 aromatic rings. The van der Waals surface area contributed by atoms with Crippen LogP contribution in [0.3, 0.4) is 0 Å². The standard InChI is InChI=1S/C11H15NO4S/c1-8(11(14)15)16-7-10(13)12(2)6-9-4-3-5-17-9/h3-5,8H,6-7H2,1-2H3,(H,14,15)/t8-/m0/s1. The number of amides is 1. The van der Waals surface area contributed by atoms with Gasteiger partial charge in [-0.05, 0) is 18.4 Å². The van der Waals surface area contributed by atoms with Crippen LogP contribution in [0.2, 0.25) is 0 Å². The molecule has 6 heteroatoms. The molecule has 0 unspecified atom stereocenters. The van der Waals surface area contributed by atoms with Crippen LogP contribution in [0.4, 0.5) is 0 Å². The average Bonchev–Trinajstić information content (AvgIpc) is 2.77. The molecule has 0 aliphatic carbocycles. The fourth-order valence-electron chi connectivity index (χ4n) is 1.10. The van der Waals surface area contributed by atoms with Crippen LogP contribution in [0.15, 0.2) is 17.5 Å². The summed E-state index contributed by atoms with van der Waals surface area (Å²) in [4.78, 5) is 24.7. The van der Waals surface area contributed by atoms with Gasteiger partial charge in [0.25, 0.3) is 0 Å². The minimum Gasteiger partial charge on any atom is -0.479 e. The van der Waals surface area contributed by atoms with E-state index in [0.717, 1.165) is 4.88 Å². The smallest absolute Gasteiger partial charge is 0.332 e. The van der Waals surface area contributed by atoms with E-state index in [1.807, 2.05) is 17.5 Å². The Labute approximate surface area is 104 Å². The van der Waals surface area contributed by atoms with Gasteiger partial charge >= 0.3 is 5.97 Å². The predicted molar refractivity (Wildman–Crippen MR) is 63.8 cm³/mol. The highest BCUT2D eigenvalue weighted by Crippen LogP contribution is 2.10. The Morgan fingerprint density at radius 1 is 1.59 bits per heavy atom. The second kappa shape index (κ2) is 6.36. The molecule has 1 amide bonds. The molecule has 0 aromatic carbocycles. The maximum absolute atomic E-state index is 11.6. The Morgan fingerprint density at radius 2 is 2.29 bits per heavy atom. The summed E-state index contributed by atoms with van der Waals surface area (Å²) in [5, 5.41) is 10.5. The van der Waals surface area contributed by atoms with Crippen LogP contribution in [0.25, 0.3) is 0 Å². The highest BCUT2D eigenvalue weighted by atomic mass is 32.1. The monoisotopic (exact) mass is 257 g/mol. The van der Waals surface area contributed by atoms with Crippen molar-refractivity contribution in [3.8, 4) is 0 Å². The first-order valence-corrected chi connectivity index (χ1v) is 5.99. The van der Waals surface area contributed by atoms with Gasteiger partial charge in [-0.1, -0.05) is 6.07 Å². The molecule has 17 heavy (non-hydrogen) atoms. The molecule has 0 bridgehead atoms. The minimum atomic E-state index is -1.07. The summed E-state index contributed by atoms with van der Waals surface area (Å²) in [7, 11) is 1.66. The van der Waals surface area contributed by atoms with Crippen molar-refractivity contribution in [1.82, 2.24) is 4.90 Å². The Morgan fingerprint density at radius 3 is 2.82 bits per heavy atom. The molecule has 0 spiro atoms. The zero-order chi connectivity index (χ0) is 12.8. The quantitative estimate of drug-likeness (QED) is 0.831. The lowest BCUT2D eigenvalue weighted by Crippen LogP contribution is -2.32. The van der Waals surface area contributed by atoms with Gasteiger partial charge in [-0.15, -0.1) is 11.3 Å². The van der Waals surface area contributed by atoms with E-state index in [1.165, 1.54) is 11.8 Å². The number of thiophene rings is 1. The van der Waals surface area contributed by atoms with Gasteiger partial charge in [0.15, 0.2) is 6.10 Å². The first-order chi connectivity index (χ1) is 8.00. The summed E-state index contributed by atoms with van der Waals surface area (Å²) in [6.07, 6.45) is -0.964. The fourth-order valence-corrected chi connectivity index (χ4v) is 1.86. The third-order valence-corrected chi connectivity index (χ3v) is 3.06. The molecule has 0 saturated heterocycles. The molecule has 94 valence electrons. The number of hydrogen-bond acceptors (Lipinski definition) is 4. The Kier molecular flexibility index (Phi) is 5.11. The SMILES string of the molecule is C[C@H](OCC(=O)N(C)Cc1cccs1)C(=O)O. The number of ether oxygens (including phenoxy) is 1. The van der Waals surface area contributed by atoms with E-state index in [-0.39, 0.29) is 12.5 Å². The van der Waals surface area contributed by atoms with Crippen molar-refractivity contribution in [2.24, 2.45) is 0 Å². The minimum absolute atomic E-state index is 0.213. The largest absolute Gasteiger partial charge is 0.479 e. The summed E-state index contributed by atoms with van der Waals surface area (Å²) in [5.74, 6) is -1.30. The third kappa shape index (κ3) is 4.54. The number of carboxylic acids is 1. The normalized spacial score (nSPS) is 12.1. The van der Waals surface area contributed by atoms with Crippen molar-refractivity contribution < 1.29 is 19.4 Å². The highest BCUT2D eigenvalue weighted by molar-refractivity contribution is 7.09.